The maximum absolute atomic E-state index is 12.3. The first-order chi connectivity index (χ1) is 11.4. The van der Waals surface area contributed by atoms with Gasteiger partial charge in [0.25, 0.3) is 5.91 Å². The Hall–Kier alpha value is -2.14. The first kappa shape index (κ1) is 18.2. The molecule has 0 fully saturated rings. The molecular weight excluding hydrogens is 302 g/mol. The van der Waals surface area contributed by atoms with Crippen LogP contribution in [0.1, 0.15) is 37.2 Å². The van der Waals surface area contributed by atoms with E-state index in [2.05, 4.69) is 17.2 Å². The van der Waals surface area contributed by atoms with Crippen LogP contribution < -0.4 is 0 Å². The van der Waals surface area contributed by atoms with E-state index < -0.39 is 6.10 Å². The van der Waals surface area contributed by atoms with Crippen LogP contribution in [0.3, 0.4) is 0 Å². The van der Waals surface area contributed by atoms with Crippen molar-refractivity contribution in [3.8, 4) is 5.69 Å². The van der Waals surface area contributed by atoms with Gasteiger partial charge in [-0.3, -0.25) is 4.79 Å². The molecule has 0 spiro atoms. The number of ether oxygens (including phenoxy) is 1. The summed E-state index contributed by atoms with van der Waals surface area (Å²) in [6, 6.07) is 10.2. The van der Waals surface area contributed by atoms with Crippen molar-refractivity contribution in [3.05, 3.63) is 47.3 Å². The van der Waals surface area contributed by atoms with Gasteiger partial charge in [-0.05, 0) is 51.0 Å². The number of hydrogen-bond donors (Lipinski definition) is 0. The molecule has 24 heavy (non-hydrogen) atoms. The zero-order valence-electron chi connectivity index (χ0n) is 15.2. The van der Waals surface area contributed by atoms with Gasteiger partial charge >= 0.3 is 0 Å². The zero-order chi connectivity index (χ0) is 17.7. The normalized spacial score (nSPS) is 12.2. The highest BCUT2D eigenvalue weighted by Crippen LogP contribution is 2.15. The van der Waals surface area contributed by atoms with Crippen molar-refractivity contribution in [3.63, 3.8) is 0 Å². The lowest BCUT2D eigenvalue weighted by Crippen LogP contribution is -2.36. The first-order valence-corrected chi connectivity index (χ1v) is 8.41. The molecule has 2 aromatic rings. The highest BCUT2D eigenvalue weighted by atomic mass is 16.5. The molecule has 0 aliphatic heterocycles. The van der Waals surface area contributed by atoms with Crippen LogP contribution in [0, 0.1) is 13.8 Å². The van der Waals surface area contributed by atoms with Crippen molar-refractivity contribution in [2.45, 2.75) is 46.8 Å². The van der Waals surface area contributed by atoms with Crippen molar-refractivity contribution >= 4 is 5.91 Å². The second-order valence-corrected chi connectivity index (χ2v) is 6.22. The van der Waals surface area contributed by atoms with E-state index in [-0.39, 0.29) is 5.91 Å². The summed E-state index contributed by atoms with van der Waals surface area (Å²) in [6.07, 6.45) is 0.501. The van der Waals surface area contributed by atoms with Gasteiger partial charge in [0.15, 0.2) is 0 Å². The van der Waals surface area contributed by atoms with Gasteiger partial charge in [-0.25, -0.2) is 4.68 Å². The lowest BCUT2D eigenvalue weighted by molar-refractivity contribution is -0.141. The van der Waals surface area contributed by atoms with Crippen molar-refractivity contribution < 1.29 is 9.53 Å². The van der Waals surface area contributed by atoms with E-state index in [1.165, 1.54) is 0 Å². The van der Waals surface area contributed by atoms with Gasteiger partial charge in [-0.1, -0.05) is 19.1 Å². The summed E-state index contributed by atoms with van der Waals surface area (Å²) in [6.45, 7) is 9.01. The van der Waals surface area contributed by atoms with Crippen molar-refractivity contribution in [1.82, 2.24) is 14.7 Å². The maximum Gasteiger partial charge on any atom is 0.251 e. The largest absolute Gasteiger partial charge is 0.369 e. The van der Waals surface area contributed by atoms with Crippen LogP contribution in [-0.2, 0) is 16.1 Å². The molecule has 0 aliphatic rings. The van der Waals surface area contributed by atoms with E-state index in [4.69, 9.17) is 4.74 Å². The highest BCUT2D eigenvalue weighted by molar-refractivity contribution is 5.80. The van der Waals surface area contributed by atoms with Crippen LogP contribution >= 0.6 is 0 Å². The average molecular weight is 329 g/mol. The van der Waals surface area contributed by atoms with Gasteiger partial charge in [-0.2, -0.15) is 5.10 Å². The van der Waals surface area contributed by atoms with Crippen LogP contribution in [-0.4, -0.2) is 40.3 Å². The Morgan fingerprint density at radius 1 is 1.33 bits per heavy atom. The maximum atomic E-state index is 12.3. The van der Waals surface area contributed by atoms with Crippen molar-refractivity contribution in [1.29, 1.82) is 0 Å². The second kappa shape index (κ2) is 8.11. The minimum atomic E-state index is -0.408. The summed E-state index contributed by atoms with van der Waals surface area (Å²) in [5.74, 6) is -0.0000303. The van der Waals surface area contributed by atoms with Gasteiger partial charge in [0.2, 0.25) is 0 Å². The van der Waals surface area contributed by atoms with Crippen LogP contribution in [0.2, 0.25) is 0 Å². The quantitative estimate of drug-likeness (QED) is 0.783. The Kier molecular flexibility index (Phi) is 6.15. The van der Waals surface area contributed by atoms with E-state index in [1.807, 2.05) is 50.7 Å². The molecule has 1 amide bonds. The molecule has 0 aliphatic carbocycles. The fraction of sp³-hybridized carbons (Fsp3) is 0.474. The number of carbonyl (C=O) groups is 1. The molecule has 5 heteroatoms. The molecule has 0 N–H and O–H groups in total. The fourth-order valence-electron chi connectivity index (χ4n) is 2.70. The standard InChI is InChI=1S/C19H27N3O2/c1-6-10-24-16(4)19(23)21(5)13-17-8-7-9-18(12-17)22-15(3)11-14(2)20-22/h7-9,11-12,16H,6,10,13H2,1-5H3/t16-/m1/s1. The third kappa shape index (κ3) is 4.45. The minimum absolute atomic E-state index is 0.0000303. The fourth-order valence-corrected chi connectivity index (χ4v) is 2.70. The Morgan fingerprint density at radius 2 is 2.08 bits per heavy atom. The molecule has 0 radical (unpaired) electrons. The zero-order valence-corrected chi connectivity index (χ0v) is 15.2. The summed E-state index contributed by atoms with van der Waals surface area (Å²) in [7, 11) is 1.81. The lowest BCUT2D eigenvalue weighted by Gasteiger charge is -2.22. The van der Waals surface area contributed by atoms with Crippen LogP contribution in [0.4, 0.5) is 0 Å². The van der Waals surface area contributed by atoms with E-state index in [0.29, 0.717) is 13.2 Å². The Morgan fingerprint density at radius 3 is 2.71 bits per heavy atom. The number of benzene rings is 1. The van der Waals surface area contributed by atoms with E-state index in [9.17, 15) is 4.79 Å². The summed E-state index contributed by atoms with van der Waals surface area (Å²) in [5.41, 5.74) is 4.16. The van der Waals surface area contributed by atoms with E-state index in [1.54, 1.807) is 11.8 Å². The van der Waals surface area contributed by atoms with E-state index >= 15 is 0 Å². The third-order valence-electron chi connectivity index (χ3n) is 3.88. The Bertz CT molecular complexity index is 694. The van der Waals surface area contributed by atoms with Crippen LogP contribution in [0.15, 0.2) is 30.3 Å². The SMILES string of the molecule is CCCO[C@H](C)C(=O)N(C)Cc1cccc(-n2nc(C)cc2C)c1. The first-order valence-electron chi connectivity index (χ1n) is 8.41. The Balaban J connectivity index is 2.09. The third-order valence-corrected chi connectivity index (χ3v) is 3.88. The Labute approximate surface area is 144 Å². The molecule has 0 saturated heterocycles. The van der Waals surface area contributed by atoms with Crippen molar-refractivity contribution in [2.24, 2.45) is 0 Å². The lowest BCUT2D eigenvalue weighted by atomic mass is 10.2. The number of amides is 1. The monoisotopic (exact) mass is 329 g/mol. The smallest absolute Gasteiger partial charge is 0.251 e. The number of aryl methyl sites for hydroxylation is 2. The number of likely N-dealkylation sites (N-methyl/N-ethyl adjacent to an activating group) is 1. The van der Waals surface area contributed by atoms with Gasteiger partial charge in [0, 0.05) is 25.9 Å². The highest BCUT2D eigenvalue weighted by Gasteiger charge is 2.18. The molecule has 130 valence electrons. The number of rotatable bonds is 7. The predicted octanol–water partition coefficient (Wildman–Crippen LogP) is 3.26. The number of carbonyl (C=O) groups excluding carboxylic acids is 1. The molecular formula is C19H27N3O2. The molecule has 1 atom stereocenters. The van der Waals surface area contributed by atoms with E-state index in [0.717, 1.165) is 29.1 Å². The molecule has 0 unspecified atom stereocenters. The number of aromatic nitrogens is 2. The molecule has 1 aromatic carbocycles. The summed E-state index contributed by atoms with van der Waals surface area (Å²) < 4.78 is 7.44. The number of hydrogen-bond acceptors (Lipinski definition) is 3. The molecule has 1 aromatic heterocycles. The molecule has 0 bridgehead atoms. The predicted molar refractivity (Wildman–Crippen MR) is 95.2 cm³/mol. The topological polar surface area (TPSA) is 47.4 Å². The van der Waals surface area contributed by atoms with Crippen molar-refractivity contribution in [2.75, 3.05) is 13.7 Å². The molecule has 1 heterocycles. The minimum Gasteiger partial charge on any atom is -0.369 e. The van der Waals surface area contributed by atoms with Gasteiger partial charge in [0.1, 0.15) is 6.10 Å². The molecule has 2 rings (SSSR count). The summed E-state index contributed by atoms with van der Waals surface area (Å²) in [5, 5.41) is 4.51. The molecule has 5 nitrogen and oxygen atoms in total. The summed E-state index contributed by atoms with van der Waals surface area (Å²) in [4.78, 5) is 14.1. The van der Waals surface area contributed by atoms with Gasteiger partial charge in [0.05, 0.1) is 11.4 Å². The average Bonchev–Trinajstić information content (AvgIpc) is 2.90. The van der Waals surface area contributed by atoms with Gasteiger partial charge < -0.3 is 9.64 Å². The number of nitrogens with zero attached hydrogens (tertiary/aromatic N) is 3. The second-order valence-electron chi connectivity index (χ2n) is 6.22. The van der Waals surface area contributed by atoms with Crippen LogP contribution in [0.25, 0.3) is 5.69 Å². The molecule has 0 saturated carbocycles. The van der Waals surface area contributed by atoms with Crippen LogP contribution in [0.5, 0.6) is 0 Å². The van der Waals surface area contributed by atoms with Gasteiger partial charge in [-0.15, -0.1) is 0 Å². The summed E-state index contributed by atoms with van der Waals surface area (Å²) >= 11 is 0.